The molecule has 8 heteroatoms. The molecule has 0 unspecified atom stereocenters. The van der Waals surface area contributed by atoms with E-state index in [4.69, 9.17) is 15.6 Å². The number of nitrogens with one attached hydrogen (secondary N) is 2. The van der Waals surface area contributed by atoms with E-state index in [9.17, 15) is 14.4 Å². The molecule has 0 saturated heterocycles. The lowest BCUT2D eigenvalue weighted by molar-refractivity contribution is -0.137. The van der Waals surface area contributed by atoms with E-state index in [-0.39, 0.29) is 12.1 Å². The fourth-order valence-electron chi connectivity index (χ4n) is 1.53. The molecule has 120 valence electrons. The average molecular weight is 309 g/mol. The molecule has 0 saturated carbocycles. The van der Waals surface area contributed by atoms with Crippen molar-refractivity contribution in [2.75, 3.05) is 25.4 Å². The van der Waals surface area contributed by atoms with Gasteiger partial charge in [-0.05, 0) is 24.6 Å². The number of rotatable bonds is 8. The van der Waals surface area contributed by atoms with Gasteiger partial charge in [-0.1, -0.05) is 6.92 Å². The van der Waals surface area contributed by atoms with E-state index in [2.05, 4.69) is 10.6 Å². The minimum atomic E-state index is -1.16. The van der Waals surface area contributed by atoms with Gasteiger partial charge in [-0.3, -0.25) is 14.4 Å². The average Bonchev–Trinajstić information content (AvgIpc) is 2.49. The molecule has 0 aliphatic heterocycles. The van der Waals surface area contributed by atoms with Crippen LogP contribution in [0.3, 0.4) is 0 Å². The number of carbonyl (C=O) groups is 3. The zero-order valence-corrected chi connectivity index (χ0v) is 12.2. The van der Waals surface area contributed by atoms with E-state index in [0.29, 0.717) is 18.0 Å². The van der Waals surface area contributed by atoms with Crippen LogP contribution in [0.15, 0.2) is 18.2 Å². The summed E-state index contributed by atoms with van der Waals surface area (Å²) in [6.45, 7) is 1.68. The second-order valence-corrected chi connectivity index (χ2v) is 4.45. The molecular formula is C14H19N3O5. The number of anilines is 1. The molecule has 8 nitrogen and oxygen atoms in total. The van der Waals surface area contributed by atoms with Crippen LogP contribution in [0.1, 0.15) is 23.7 Å². The SMILES string of the molecule is CCCOc1ccc(C(=O)NCC(=O)NCC(=O)O)cc1N. The van der Waals surface area contributed by atoms with Gasteiger partial charge in [-0.15, -0.1) is 0 Å². The van der Waals surface area contributed by atoms with Gasteiger partial charge in [0.25, 0.3) is 5.91 Å². The largest absolute Gasteiger partial charge is 0.491 e. The normalized spacial score (nSPS) is 9.86. The number of amides is 2. The maximum atomic E-state index is 11.9. The Morgan fingerprint density at radius 3 is 2.55 bits per heavy atom. The Balaban J connectivity index is 2.53. The van der Waals surface area contributed by atoms with Crippen molar-refractivity contribution in [3.8, 4) is 5.75 Å². The van der Waals surface area contributed by atoms with E-state index in [0.717, 1.165) is 6.42 Å². The summed E-state index contributed by atoms with van der Waals surface area (Å²) in [6, 6.07) is 4.58. The van der Waals surface area contributed by atoms with Crippen molar-refractivity contribution in [2.24, 2.45) is 0 Å². The topological polar surface area (TPSA) is 131 Å². The molecule has 2 amide bonds. The summed E-state index contributed by atoms with van der Waals surface area (Å²) in [5, 5.41) is 12.9. The van der Waals surface area contributed by atoms with Crippen molar-refractivity contribution < 1.29 is 24.2 Å². The Kier molecular flexibility index (Phi) is 6.68. The zero-order chi connectivity index (χ0) is 16.5. The minimum Gasteiger partial charge on any atom is -0.491 e. The number of benzene rings is 1. The number of carboxylic acids is 1. The third kappa shape index (κ3) is 5.70. The molecule has 5 N–H and O–H groups in total. The van der Waals surface area contributed by atoms with E-state index in [1.807, 2.05) is 6.92 Å². The first-order valence-electron chi connectivity index (χ1n) is 6.73. The molecule has 0 atom stereocenters. The molecule has 1 rings (SSSR count). The van der Waals surface area contributed by atoms with Crippen LogP contribution in [0.25, 0.3) is 0 Å². The fourth-order valence-corrected chi connectivity index (χ4v) is 1.53. The van der Waals surface area contributed by atoms with Crippen LogP contribution in [0.5, 0.6) is 5.75 Å². The van der Waals surface area contributed by atoms with Gasteiger partial charge in [0.2, 0.25) is 5.91 Å². The molecule has 0 heterocycles. The van der Waals surface area contributed by atoms with Crippen molar-refractivity contribution in [1.29, 1.82) is 0 Å². The van der Waals surface area contributed by atoms with Crippen LogP contribution >= 0.6 is 0 Å². The smallest absolute Gasteiger partial charge is 0.322 e. The molecule has 0 aliphatic carbocycles. The maximum absolute atomic E-state index is 11.9. The van der Waals surface area contributed by atoms with E-state index < -0.39 is 24.3 Å². The van der Waals surface area contributed by atoms with Gasteiger partial charge in [0, 0.05) is 5.56 Å². The highest BCUT2D eigenvalue weighted by Crippen LogP contribution is 2.22. The van der Waals surface area contributed by atoms with Gasteiger partial charge < -0.3 is 26.2 Å². The Labute approximate surface area is 127 Å². The predicted octanol–water partition coefficient (Wildman–Crippen LogP) is -0.0118. The van der Waals surface area contributed by atoms with Crippen LogP contribution in [0.4, 0.5) is 5.69 Å². The number of aliphatic carboxylic acids is 1. The predicted molar refractivity (Wildman–Crippen MR) is 79.6 cm³/mol. The maximum Gasteiger partial charge on any atom is 0.322 e. The monoisotopic (exact) mass is 309 g/mol. The molecule has 0 aromatic heterocycles. The molecule has 0 bridgehead atoms. The van der Waals surface area contributed by atoms with Crippen LogP contribution in [0, 0.1) is 0 Å². The Hall–Kier alpha value is -2.77. The second kappa shape index (κ2) is 8.50. The first kappa shape index (κ1) is 17.3. The Morgan fingerprint density at radius 2 is 1.95 bits per heavy atom. The summed E-state index contributed by atoms with van der Waals surface area (Å²) in [5.41, 5.74) is 6.40. The lowest BCUT2D eigenvalue weighted by Gasteiger charge is -2.10. The van der Waals surface area contributed by atoms with Crippen molar-refractivity contribution in [3.63, 3.8) is 0 Å². The lowest BCUT2D eigenvalue weighted by Crippen LogP contribution is -2.39. The summed E-state index contributed by atoms with van der Waals surface area (Å²) in [5.74, 6) is -1.74. The van der Waals surface area contributed by atoms with Gasteiger partial charge in [0.05, 0.1) is 18.8 Å². The van der Waals surface area contributed by atoms with E-state index in [1.54, 1.807) is 6.07 Å². The number of hydrogen-bond donors (Lipinski definition) is 4. The first-order valence-corrected chi connectivity index (χ1v) is 6.73. The number of carbonyl (C=O) groups excluding carboxylic acids is 2. The molecule has 0 aliphatic rings. The highest BCUT2D eigenvalue weighted by molar-refractivity contribution is 5.97. The van der Waals surface area contributed by atoms with Crippen molar-refractivity contribution in [1.82, 2.24) is 10.6 Å². The minimum absolute atomic E-state index is 0.285. The summed E-state index contributed by atoms with van der Waals surface area (Å²) in [6.07, 6.45) is 0.840. The molecule has 1 aromatic rings. The summed E-state index contributed by atoms with van der Waals surface area (Å²) in [4.78, 5) is 33.4. The number of hydrogen-bond acceptors (Lipinski definition) is 5. The molecule has 0 radical (unpaired) electrons. The van der Waals surface area contributed by atoms with Crippen LogP contribution in [-0.4, -0.2) is 42.6 Å². The number of carboxylic acid groups (broad SMARTS) is 1. The summed E-state index contributed by atoms with van der Waals surface area (Å²) >= 11 is 0. The van der Waals surface area contributed by atoms with E-state index >= 15 is 0 Å². The lowest BCUT2D eigenvalue weighted by atomic mass is 10.1. The van der Waals surface area contributed by atoms with Crippen LogP contribution < -0.4 is 21.1 Å². The fraction of sp³-hybridized carbons (Fsp3) is 0.357. The third-order valence-electron chi connectivity index (χ3n) is 2.58. The number of ether oxygens (including phenoxy) is 1. The zero-order valence-electron chi connectivity index (χ0n) is 12.2. The molecule has 22 heavy (non-hydrogen) atoms. The van der Waals surface area contributed by atoms with Crippen LogP contribution in [0.2, 0.25) is 0 Å². The van der Waals surface area contributed by atoms with Gasteiger partial charge in [0.1, 0.15) is 12.3 Å². The van der Waals surface area contributed by atoms with Crippen molar-refractivity contribution in [2.45, 2.75) is 13.3 Å². The molecular weight excluding hydrogens is 290 g/mol. The third-order valence-corrected chi connectivity index (χ3v) is 2.58. The van der Waals surface area contributed by atoms with Crippen LogP contribution in [-0.2, 0) is 9.59 Å². The molecule has 0 fully saturated rings. The highest BCUT2D eigenvalue weighted by atomic mass is 16.5. The van der Waals surface area contributed by atoms with Crippen molar-refractivity contribution in [3.05, 3.63) is 23.8 Å². The van der Waals surface area contributed by atoms with Gasteiger partial charge in [0.15, 0.2) is 0 Å². The highest BCUT2D eigenvalue weighted by Gasteiger charge is 2.11. The Morgan fingerprint density at radius 1 is 1.23 bits per heavy atom. The van der Waals surface area contributed by atoms with Gasteiger partial charge in [-0.2, -0.15) is 0 Å². The van der Waals surface area contributed by atoms with Crippen molar-refractivity contribution >= 4 is 23.5 Å². The first-order chi connectivity index (χ1) is 10.4. The van der Waals surface area contributed by atoms with Gasteiger partial charge in [-0.25, -0.2) is 0 Å². The molecule has 0 spiro atoms. The summed E-state index contributed by atoms with van der Waals surface area (Å²) in [7, 11) is 0. The quantitative estimate of drug-likeness (QED) is 0.499. The summed E-state index contributed by atoms with van der Waals surface area (Å²) < 4.78 is 5.40. The van der Waals surface area contributed by atoms with Gasteiger partial charge >= 0.3 is 5.97 Å². The Bertz CT molecular complexity index is 559. The second-order valence-electron chi connectivity index (χ2n) is 4.45. The molecule has 1 aromatic carbocycles. The van der Waals surface area contributed by atoms with E-state index in [1.165, 1.54) is 12.1 Å². The number of nitrogen functional groups attached to an aromatic ring is 1. The standard InChI is InChI=1S/C14H19N3O5/c1-2-5-22-11-4-3-9(6-10(11)15)14(21)17-7-12(18)16-8-13(19)20/h3-4,6H,2,5,7-8,15H2,1H3,(H,16,18)(H,17,21)(H,19,20). The number of nitrogens with two attached hydrogens (primary N) is 1.